The number of hydrogen-bond acceptors (Lipinski definition) is 4. The third-order valence-electron chi connectivity index (χ3n) is 4.55. The maximum atomic E-state index is 12.8. The van der Waals surface area contributed by atoms with Gasteiger partial charge in [-0.25, -0.2) is 0 Å². The van der Waals surface area contributed by atoms with Crippen molar-refractivity contribution < 1.29 is 14.3 Å². The van der Waals surface area contributed by atoms with E-state index in [0.717, 1.165) is 30.8 Å². The van der Waals surface area contributed by atoms with Gasteiger partial charge in [0.25, 0.3) is 5.91 Å². The summed E-state index contributed by atoms with van der Waals surface area (Å²) < 4.78 is 5.56. The van der Waals surface area contributed by atoms with Crippen molar-refractivity contribution in [1.82, 2.24) is 5.32 Å². The molecular formula is C18H27N3O3. The highest BCUT2D eigenvalue weighted by atomic mass is 16.5. The first-order valence-corrected chi connectivity index (χ1v) is 8.49. The van der Waals surface area contributed by atoms with E-state index >= 15 is 0 Å². The van der Waals surface area contributed by atoms with Crippen LogP contribution < -0.4 is 16.0 Å². The lowest BCUT2D eigenvalue weighted by Crippen LogP contribution is -2.51. The molecule has 1 aromatic rings. The number of amides is 2. The van der Waals surface area contributed by atoms with Crippen LogP contribution in [0.3, 0.4) is 0 Å². The first kappa shape index (κ1) is 18.4. The Bertz CT molecular complexity index is 595. The predicted molar refractivity (Wildman–Crippen MR) is 95.2 cm³/mol. The highest BCUT2D eigenvalue weighted by molar-refractivity contribution is 5.99. The van der Waals surface area contributed by atoms with Gasteiger partial charge in [0.1, 0.15) is 5.60 Å². The second-order valence-electron chi connectivity index (χ2n) is 6.18. The van der Waals surface area contributed by atoms with Crippen molar-refractivity contribution in [3.63, 3.8) is 0 Å². The molecule has 0 unspecified atom stereocenters. The molecule has 0 radical (unpaired) electrons. The molecule has 1 aliphatic rings. The lowest BCUT2D eigenvalue weighted by atomic mass is 9.91. The largest absolute Gasteiger partial charge is 0.368 e. The van der Waals surface area contributed by atoms with E-state index in [1.165, 1.54) is 0 Å². The van der Waals surface area contributed by atoms with Crippen LogP contribution in [0.2, 0.25) is 0 Å². The Kier molecular flexibility index (Phi) is 6.34. The summed E-state index contributed by atoms with van der Waals surface area (Å²) in [4.78, 5) is 24.6. The fourth-order valence-electron chi connectivity index (χ4n) is 2.94. The molecular weight excluding hydrogens is 306 g/mol. The minimum absolute atomic E-state index is 0.0178. The van der Waals surface area contributed by atoms with Gasteiger partial charge in [0.2, 0.25) is 5.91 Å². The van der Waals surface area contributed by atoms with Gasteiger partial charge in [0, 0.05) is 24.9 Å². The molecule has 1 saturated heterocycles. The first-order chi connectivity index (χ1) is 11.5. The van der Waals surface area contributed by atoms with Crippen molar-refractivity contribution in [2.75, 3.05) is 30.8 Å². The molecule has 6 heteroatoms. The van der Waals surface area contributed by atoms with Crippen LogP contribution in [0.1, 0.15) is 38.2 Å². The summed E-state index contributed by atoms with van der Waals surface area (Å²) in [6, 6.07) is 5.51. The van der Waals surface area contributed by atoms with E-state index in [9.17, 15) is 9.59 Å². The van der Waals surface area contributed by atoms with Gasteiger partial charge in [-0.15, -0.1) is 0 Å². The molecule has 1 aliphatic heterocycles. The molecule has 0 aromatic heterocycles. The molecule has 1 aromatic carbocycles. The van der Waals surface area contributed by atoms with Gasteiger partial charge in [0.05, 0.1) is 0 Å². The standard InChI is InChI=1S/C18H27N3O3/c1-4-6-16(22)20-14-7-5-8-15(13(14)2)21-17(23)18(24-3)9-11-19-12-10-18/h5,7-8,19H,4,6,9-12H2,1-3H3,(H,20,22)(H,21,23). The highest BCUT2D eigenvalue weighted by Gasteiger charge is 2.39. The van der Waals surface area contributed by atoms with E-state index in [-0.39, 0.29) is 11.8 Å². The number of anilines is 2. The normalized spacial score (nSPS) is 16.5. The van der Waals surface area contributed by atoms with Crippen molar-refractivity contribution in [1.29, 1.82) is 0 Å². The van der Waals surface area contributed by atoms with Gasteiger partial charge >= 0.3 is 0 Å². The molecule has 3 N–H and O–H groups in total. The fourth-order valence-corrected chi connectivity index (χ4v) is 2.94. The summed E-state index contributed by atoms with van der Waals surface area (Å²) in [6.07, 6.45) is 2.56. The Morgan fingerprint density at radius 2 is 1.83 bits per heavy atom. The van der Waals surface area contributed by atoms with Crippen LogP contribution in [-0.4, -0.2) is 37.6 Å². The molecule has 0 bridgehead atoms. The summed E-state index contributed by atoms with van der Waals surface area (Å²) in [5.41, 5.74) is 1.47. The number of rotatable bonds is 6. The molecule has 0 atom stereocenters. The van der Waals surface area contributed by atoms with E-state index in [4.69, 9.17) is 4.74 Å². The molecule has 6 nitrogen and oxygen atoms in total. The molecule has 0 saturated carbocycles. The second-order valence-corrected chi connectivity index (χ2v) is 6.18. The zero-order chi connectivity index (χ0) is 17.6. The third kappa shape index (κ3) is 4.13. The molecule has 2 amide bonds. The molecule has 0 spiro atoms. The van der Waals surface area contributed by atoms with Gasteiger partial charge in [-0.2, -0.15) is 0 Å². The van der Waals surface area contributed by atoms with Gasteiger partial charge in [0.15, 0.2) is 0 Å². The zero-order valence-corrected chi connectivity index (χ0v) is 14.7. The smallest absolute Gasteiger partial charge is 0.256 e. The van der Waals surface area contributed by atoms with E-state index in [1.807, 2.05) is 32.0 Å². The Labute approximate surface area is 143 Å². The van der Waals surface area contributed by atoms with Crippen LogP contribution >= 0.6 is 0 Å². The Morgan fingerprint density at radius 1 is 1.21 bits per heavy atom. The van der Waals surface area contributed by atoms with Gasteiger partial charge in [-0.3, -0.25) is 9.59 Å². The number of benzene rings is 1. The second kappa shape index (κ2) is 8.26. The number of nitrogens with one attached hydrogen (secondary N) is 3. The summed E-state index contributed by atoms with van der Waals surface area (Å²) in [6.45, 7) is 5.37. The number of ether oxygens (including phenoxy) is 1. The van der Waals surface area contributed by atoms with E-state index in [0.29, 0.717) is 24.9 Å². The van der Waals surface area contributed by atoms with Gasteiger partial charge in [-0.1, -0.05) is 13.0 Å². The summed E-state index contributed by atoms with van der Waals surface area (Å²) in [7, 11) is 1.58. The van der Waals surface area contributed by atoms with Crippen LogP contribution in [0, 0.1) is 6.92 Å². The van der Waals surface area contributed by atoms with Crippen molar-refractivity contribution in [3.05, 3.63) is 23.8 Å². The van der Waals surface area contributed by atoms with Crippen molar-refractivity contribution in [2.24, 2.45) is 0 Å². The highest BCUT2D eigenvalue weighted by Crippen LogP contribution is 2.28. The lowest BCUT2D eigenvalue weighted by Gasteiger charge is -2.35. The number of piperidine rings is 1. The van der Waals surface area contributed by atoms with Crippen LogP contribution in [-0.2, 0) is 14.3 Å². The molecule has 132 valence electrons. The molecule has 24 heavy (non-hydrogen) atoms. The molecule has 0 aliphatic carbocycles. The van der Waals surface area contributed by atoms with Crippen LogP contribution in [0.5, 0.6) is 0 Å². The number of carbonyl (C=O) groups is 2. The quantitative estimate of drug-likeness (QED) is 0.747. The minimum atomic E-state index is -0.793. The first-order valence-electron chi connectivity index (χ1n) is 8.49. The van der Waals surface area contributed by atoms with E-state index in [1.54, 1.807) is 7.11 Å². The Hall–Kier alpha value is -1.92. The van der Waals surface area contributed by atoms with E-state index < -0.39 is 5.60 Å². The monoisotopic (exact) mass is 333 g/mol. The average Bonchev–Trinajstić information content (AvgIpc) is 2.59. The van der Waals surface area contributed by atoms with Gasteiger partial charge < -0.3 is 20.7 Å². The molecule has 1 heterocycles. The van der Waals surface area contributed by atoms with Crippen LogP contribution in [0.4, 0.5) is 11.4 Å². The minimum Gasteiger partial charge on any atom is -0.368 e. The maximum Gasteiger partial charge on any atom is 0.256 e. The summed E-state index contributed by atoms with van der Waals surface area (Å²) >= 11 is 0. The number of methoxy groups -OCH3 is 1. The fraction of sp³-hybridized carbons (Fsp3) is 0.556. The van der Waals surface area contributed by atoms with Crippen molar-refractivity contribution in [2.45, 2.75) is 45.1 Å². The number of carbonyl (C=O) groups excluding carboxylic acids is 2. The Balaban J connectivity index is 2.14. The Morgan fingerprint density at radius 3 is 2.42 bits per heavy atom. The van der Waals surface area contributed by atoms with Crippen molar-refractivity contribution >= 4 is 23.2 Å². The molecule has 1 fully saturated rings. The topological polar surface area (TPSA) is 79.5 Å². The third-order valence-corrected chi connectivity index (χ3v) is 4.55. The van der Waals surface area contributed by atoms with Crippen molar-refractivity contribution in [3.8, 4) is 0 Å². The summed E-state index contributed by atoms with van der Waals surface area (Å²) in [5, 5.41) is 9.11. The lowest BCUT2D eigenvalue weighted by molar-refractivity contribution is -0.140. The van der Waals surface area contributed by atoms with Crippen LogP contribution in [0.25, 0.3) is 0 Å². The number of hydrogen-bond donors (Lipinski definition) is 3. The predicted octanol–water partition coefficient (Wildman–Crippen LogP) is 2.44. The zero-order valence-electron chi connectivity index (χ0n) is 14.7. The van der Waals surface area contributed by atoms with Gasteiger partial charge in [-0.05, 0) is 57.0 Å². The summed E-state index contributed by atoms with van der Waals surface area (Å²) in [5.74, 6) is -0.151. The SMILES string of the molecule is CCCC(=O)Nc1cccc(NC(=O)C2(OC)CCNCC2)c1C. The average molecular weight is 333 g/mol. The maximum absolute atomic E-state index is 12.8. The van der Waals surface area contributed by atoms with E-state index in [2.05, 4.69) is 16.0 Å². The molecule has 2 rings (SSSR count). The van der Waals surface area contributed by atoms with Crippen LogP contribution in [0.15, 0.2) is 18.2 Å².